The quantitative estimate of drug-likeness (QED) is 0.0942. The number of amides is 1. The summed E-state index contributed by atoms with van der Waals surface area (Å²) in [6, 6.07) is 0. The van der Waals surface area contributed by atoms with Crippen molar-refractivity contribution in [3.05, 3.63) is 0 Å². The van der Waals surface area contributed by atoms with E-state index >= 15 is 0 Å². The van der Waals surface area contributed by atoms with Gasteiger partial charge in [0.25, 0.3) is 0 Å². The zero-order chi connectivity index (χ0) is 28.4. The van der Waals surface area contributed by atoms with E-state index in [9.17, 15) is 9.90 Å². The third-order valence-corrected chi connectivity index (χ3v) is 9.97. The fraction of sp³-hybridized carbons (Fsp3) is 0.972. The lowest BCUT2D eigenvalue weighted by Gasteiger charge is -2.55. The van der Waals surface area contributed by atoms with Crippen molar-refractivity contribution in [1.82, 2.24) is 4.90 Å². The highest BCUT2D eigenvalue weighted by Crippen LogP contribution is 2.45. The van der Waals surface area contributed by atoms with E-state index in [0.717, 1.165) is 19.4 Å². The predicted molar refractivity (Wildman–Crippen MR) is 172 cm³/mol. The SMILES string of the molecule is CCCCCCCCCCCCCCCCCCCCCCC(CCCCCCC)C1(CC)CCN1C(=O)O. The van der Waals surface area contributed by atoms with Crippen molar-refractivity contribution >= 4 is 6.09 Å². The molecule has 0 radical (unpaired) electrons. The van der Waals surface area contributed by atoms with Crippen LogP contribution in [-0.2, 0) is 0 Å². The highest BCUT2D eigenvalue weighted by Gasteiger charge is 2.50. The molecule has 1 aliphatic heterocycles. The minimum Gasteiger partial charge on any atom is -0.465 e. The second-order valence-corrected chi connectivity index (χ2v) is 13.0. The summed E-state index contributed by atoms with van der Waals surface area (Å²) in [4.78, 5) is 13.7. The number of nitrogens with zero attached hydrogens (tertiary/aromatic N) is 1. The molecule has 1 amide bonds. The molecule has 0 aromatic rings. The Morgan fingerprint density at radius 3 is 1.10 bits per heavy atom. The van der Waals surface area contributed by atoms with Crippen LogP contribution in [0.5, 0.6) is 0 Å². The van der Waals surface area contributed by atoms with Gasteiger partial charge in [-0.05, 0) is 31.6 Å². The molecule has 3 heteroatoms. The Labute approximate surface area is 245 Å². The maximum absolute atomic E-state index is 11.9. The lowest BCUT2D eigenvalue weighted by molar-refractivity contribution is -0.0505. The van der Waals surface area contributed by atoms with Gasteiger partial charge < -0.3 is 10.0 Å². The lowest BCUT2D eigenvalue weighted by Crippen LogP contribution is -2.65. The van der Waals surface area contributed by atoms with E-state index in [2.05, 4.69) is 20.8 Å². The summed E-state index contributed by atoms with van der Waals surface area (Å²) < 4.78 is 0. The van der Waals surface area contributed by atoms with Gasteiger partial charge in [0.05, 0.1) is 5.54 Å². The minimum absolute atomic E-state index is 0.0650. The van der Waals surface area contributed by atoms with Crippen LogP contribution in [-0.4, -0.2) is 28.2 Å². The van der Waals surface area contributed by atoms with Gasteiger partial charge in [-0.3, -0.25) is 0 Å². The molecule has 0 aromatic heterocycles. The van der Waals surface area contributed by atoms with Crippen LogP contribution >= 0.6 is 0 Å². The van der Waals surface area contributed by atoms with Gasteiger partial charge in [-0.1, -0.05) is 181 Å². The van der Waals surface area contributed by atoms with Gasteiger partial charge in [0.2, 0.25) is 0 Å². The zero-order valence-electron chi connectivity index (χ0n) is 27.1. The molecule has 1 N–H and O–H groups in total. The molecule has 2 unspecified atom stereocenters. The number of carbonyl (C=O) groups is 1. The molecule has 1 heterocycles. The fourth-order valence-corrected chi connectivity index (χ4v) is 7.20. The van der Waals surface area contributed by atoms with Gasteiger partial charge in [-0.2, -0.15) is 0 Å². The lowest BCUT2D eigenvalue weighted by atomic mass is 9.68. The van der Waals surface area contributed by atoms with Crippen molar-refractivity contribution in [2.75, 3.05) is 6.54 Å². The largest absolute Gasteiger partial charge is 0.465 e. The first kappa shape index (κ1) is 36.3. The van der Waals surface area contributed by atoms with Crippen molar-refractivity contribution in [3.8, 4) is 0 Å². The molecule has 0 aliphatic carbocycles. The second-order valence-electron chi connectivity index (χ2n) is 13.0. The van der Waals surface area contributed by atoms with Gasteiger partial charge in [-0.25, -0.2) is 4.79 Å². The van der Waals surface area contributed by atoms with Crippen LogP contribution in [0.1, 0.15) is 207 Å². The summed E-state index contributed by atoms with van der Waals surface area (Å²) in [6.45, 7) is 7.53. The number of unbranched alkanes of at least 4 members (excludes halogenated alkanes) is 23. The minimum atomic E-state index is -0.692. The molecule has 39 heavy (non-hydrogen) atoms. The molecule has 0 bridgehead atoms. The van der Waals surface area contributed by atoms with E-state index in [1.54, 1.807) is 4.90 Å². The van der Waals surface area contributed by atoms with Crippen LogP contribution in [0.2, 0.25) is 0 Å². The summed E-state index contributed by atoms with van der Waals surface area (Å²) in [7, 11) is 0. The van der Waals surface area contributed by atoms with Crippen LogP contribution in [0.25, 0.3) is 0 Å². The first-order chi connectivity index (χ1) is 19.1. The highest BCUT2D eigenvalue weighted by molar-refractivity contribution is 5.67. The van der Waals surface area contributed by atoms with Gasteiger partial charge in [0, 0.05) is 6.54 Å². The molecule has 0 aromatic carbocycles. The van der Waals surface area contributed by atoms with Crippen LogP contribution < -0.4 is 0 Å². The van der Waals surface area contributed by atoms with E-state index < -0.39 is 6.09 Å². The Bertz CT molecular complexity index is 546. The second kappa shape index (κ2) is 25.0. The smallest absolute Gasteiger partial charge is 0.407 e. The third-order valence-electron chi connectivity index (χ3n) is 9.97. The molecular formula is C36H71NO2. The standard InChI is InChI=1S/C36H71NO2/c1-4-7-9-11-12-13-14-15-16-17-18-19-20-21-22-23-24-25-27-29-31-34(30-28-26-10-8-5-2)36(6-3)32-33-37(36)35(38)39/h34H,4-33H2,1-3H3,(H,38,39). The van der Waals surface area contributed by atoms with E-state index in [4.69, 9.17) is 0 Å². The first-order valence-electron chi connectivity index (χ1n) is 18.1. The topological polar surface area (TPSA) is 40.5 Å². The summed E-state index contributed by atoms with van der Waals surface area (Å²) in [5.41, 5.74) is -0.0650. The number of likely N-dealkylation sites (tertiary alicyclic amines) is 1. The van der Waals surface area contributed by atoms with Crippen molar-refractivity contribution in [1.29, 1.82) is 0 Å². The Balaban J connectivity index is 2.03. The van der Waals surface area contributed by atoms with Crippen LogP contribution in [0, 0.1) is 5.92 Å². The molecule has 2 atom stereocenters. The Morgan fingerprint density at radius 2 is 0.872 bits per heavy atom. The first-order valence-corrected chi connectivity index (χ1v) is 18.1. The normalized spacial score (nSPS) is 17.9. The van der Waals surface area contributed by atoms with Gasteiger partial charge >= 0.3 is 6.09 Å². The third kappa shape index (κ3) is 16.3. The van der Waals surface area contributed by atoms with Crippen molar-refractivity contribution < 1.29 is 9.90 Å². The highest BCUT2D eigenvalue weighted by atomic mass is 16.4. The van der Waals surface area contributed by atoms with Crippen LogP contribution in [0.15, 0.2) is 0 Å². The van der Waals surface area contributed by atoms with E-state index in [-0.39, 0.29) is 5.54 Å². The Morgan fingerprint density at radius 1 is 0.564 bits per heavy atom. The molecule has 1 saturated heterocycles. The molecule has 0 spiro atoms. The molecule has 232 valence electrons. The fourth-order valence-electron chi connectivity index (χ4n) is 7.20. The monoisotopic (exact) mass is 550 g/mol. The maximum atomic E-state index is 11.9. The molecule has 3 nitrogen and oxygen atoms in total. The zero-order valence-corrected chi connectivity index (χ0v) is 27.1. The molecule has 1 fully saturated rings. The van der Waals surface area contributed by atoms with E-state index in [0.29, 0.717) is 5.92 Å². The van der Waals surface area contributed by atoms with Crippen LogP contribution in [0.4, 0.5) is 4.79 Å². The number of hydrogen-bond donors (Lipinski definition) is 1. The number of rotatable bonds is 29. The van der Waals surface area contributed by atoms with Crippen LogP contribution in [0.3, 0.4) is 0 Å². The summed E-state index contributed by atoms with van der Waals surface area (Å²) in [5, 5.41) is 9.76. The predicted octanol–water partition coefficient (Wildman–Crippen LogP) is 12.7. The Kier molecular flexibility index (Phi) is 23.3. The van der Waals surface area contributed by atoms with Gasteiger partial charge in [-0.15, -0.1) is 0 Å². The molecule has 1 aliphatic rings. The molecule has 0 saturated carbocycles. The summed E-state index contributed by atoms with van der Waals surface area (Å²) >= 11 is 0. The molecular weight excluding hydrogens is 478 g/mol. The maximum Gasteiger partial charge on any atom is 0.407 e. The number of hydrogen-bond acceptors (Lipinski definition) is 1. The average molecular weight is 550 g/mol. The Hall–Kier alpha value is -0.730. The van der Waals surface area contributed by atoms with E-state index in [1.807, 2.05) is 0 Å². The average Bonchev–Trinajstić information content (AvgIpc) is 2.91. The van der Waals surface area contributed by atoms with Crippen molar-refractivity contribution in [3.63, 3.8) is 0 Å². The summed E-state index contributed by atoms with van der Waals surface area (Å²) in [6.07, 6.45) is 38.8. The number of carboxylic acid groups (broad SMARTS) is 1. The van der Waals surface area contributed by atoms with Crippen molar-refractivity contribution in [2.45, 2.75) is 213 Å². The van der Waals surface area contributed by atoms with Crippen molar-refractivity contribution in [2.24, 2.45) is 5.92 Å². The summed E-state index contributed by atoms with van der Waals surface area (Å²) in [5.74, 6) is 0.560. The molecule has 1 rings (SSSR count). The van der Waals surface area contributed by atoms with Gasteiger partial charge in [0.15, 0.2) is 0 Å². The van der Waals surface area contributed by atoms with E-state index in [1.165, 1.54) is 173 Å². The van der Waals surface area contributed by atoms with Gasteiger partial charge in [0.1, 0.15) is 0 Å².